The Morgan fingerprint density at radius 2 is 1.79 bits per heavy atom. The summed E-state index contributed by atoms with van der Waals surface area (Å²) in [6, 6.07) is 8.25. The molecule has 0 aliphatic heterocycles. The molecule has 0 saturated heterocycles. The number of rotatable bonds is 2. The van der Waals surface area contributed by atoms with E-state index in [0.29, 0.717) is 0 Å². The van der Waals surface area contributed by atoms with Gasteiger partial charge in [-0.25, -0.2) is 0 Å². The fourth-order valence-electron chi connectivity index (χ4n) is 1.09. The van der Waals surface area contributed by atoms with Crippen LogP contribution in [0.25, 0.3) is 6.08 Å². The van der Waals surface area contributed by atoms with Crippen LogP contribution in [-0.4, -0.2) is 5.60 Å². The molecule has 1 heteroatoms. The van der Waals surface area contributed by atoms with Gasteiger partial charge >= 0.3 is 0 Å². The smallest absolute Gasteiger partial charge is 0.0998 e. The van der Waals surface area contributed by atoms with Crippen LogP contribution in [0.5, 0.6) is 0 Å². The predicted octanol–water partition coefficient (Wildman–Crippen LogP) is 3.78. The summed E-state index contributed by atoms with van der Waals surface area (Å²) in [4.78, 5) is 0. The van der Waals surface area contributed by atoms with Gasteiger partial charge in [0.05, 0.1) is 11.9 Å². The second-order valence-electron chi connectivity index (χ2n) is 4.39. The molecule has 0 fully saturated rings. The molecule has 1 nitrogen and oxygen atoms in total. The van der Waals surface area contributed by atoms with E-state index in [9.17, 15) is 0 Å². The van der Waals surface area contributed by atoms with Crippen molar-refractivity contribution in [1.29, 1.82) is 0 Å². The van der Waals surface area contributed by atoms with Crippen molar-refractivity contribution in [2.75, 3.05) is 0 Å². The van der Waals surface area contributed by atoms with Crippen molar-refractivity contribution >= 4 is 6.08 Å². The first-order valence-electron chi connectivity index (χ1n) is 4.89. The molecule has 76 valence electrons. The molecule has 0 bridgehead atoms. The highest BCUT2D eigenvalue weighted by molar-refractivity contribution is 5.52. The normalized spacial score (nSPS) is 12.0. The maximum atomic E-state index is 5.51. The van der Waals surface area contributed by atoms with E-state index in [4.69, 9.17) is 4.74 Å². The Balaban J connectivity index is 2.65. The molecular formula is C13H18O. The molecule has 0 N–H and O–H groups in total. The number of benzene rings is 1. The molecule has 0 amide bonds. The molecule has 1 aromatic rings. The standard InChI is InChI=1S/C13H18O/c1-11-7-5-6-8-12(11)9-10-14-13(2,3)4/h5-10H,1-4H3. The van der Waals surface area contributed by atoms with E-state index in [1.54, 1.807) is 6.26 Å². The first-order chi connectivity index (χ1) is 6.49. The van der Waals surface area contributed by atoms with E-state index in [2.05, 4.69) is 19.1 Å². The zero-order valence-corrected chi connectivity index (χ0v) is 9.37. The number of hydrogen-bond acceptors (Lipinski definition) is 1. The van der Waals surface area contributed by atoms with Gasteiger partial charge in [0.25, 0.3) is 0 Å². The van der Waals surface area contributed by atoms with Gasteiger partial charge in [0.2, 0.25) is 0 Å². The largest absolute Gasteiger partial charge is 0.496 e. The summed E-state index contributed by atoms with van der Waals surface area (Å²) in [6.45, 7) is 8.20. The number of hydrogen-bond donors (Lipinski definition) is 0. The Kier molecular flexibility index (Phi) is 3.34. The molecule has 0 heterocycles. The summed E-state index contributed by atoms with van der Waals surface area (Å²) in [5.74, 6) is 0. The van der Waals surface area contributed by atoms with Gasteiger partial charge in [0.15, 0.2) is 0 Å². The Hall–Kier alpha value is -1.24. The topological polar surface area (TPSA) is 9.23 Å². The van der Waals surface area contributed by atoms with Crippen LogP contribution >= 0.6 is 0 Å². The second kappa shape index (κ2) is 4.32. The van der Waals surface area contributed by atoms with Crippen LogP contribution in [0.2, 0.25) is 0 Å². The third-order valence-corrected chi connectivity index (χ3v) is 1.86. The second-order valence-corrected chi connectivity index (χ2v) is 4.39. The van der Waals surface area contributed by atoms with Gasteiger partial charge in [0.1, 0.15) is 0 Å². The first kappa shape index (κ1) is 10.8. The summed E-state index contributed by atoms with van der Waals surface area (Å²) in [7, 11) is 0. The van der Waals surface area contributed by atoms with Gasteiger partial charge in [0, 0.05) is 0 Å². The summed E-state index contributed by atoms with van der Waals surface area (Å²) in [6.07, 6.45) is 3.77. The fraction of sp³-hybridized carbons (Fsp3) is 0.385. The van der Waals surface area contributed by atoms with Crippen LogP contribution < -0.4 is 0 Å². The zero-order valence-electron chi connectivity index (χ0n) is 9.37. The van der Waals surface area contributed by atoms with Gasteiger partial charge in [-0.05, 0) is 44.9 Å². The average molecular weight is 190 g/mol. The van der Waals surface area contributed by atoms with Crippen molar-refractivity contribution < 1.29 is 4.74 Å². The third-order valence-electron chi connectivity index (χ3n) is 1.86. The SMILES string of the molecule is Cc1ccccc1C=COC(C)(C)C. The molecule has 1 rings (SSSR count). The van der Waals surface area contributed by atoms with E-state index in [-0.39, 0.29) is 5.60 Å². The van der Waals surface area contributed by atoms with Gasteiger partial charge in [-0.3, -0.25) is 0 Å². The zero-order chi connectivity index (χ0) is 10.6. The lowest BCUT2D eigenvalue weighted by molar-refractivity contribution is 0.0783. The van der Waals surface area contributed by atoms with Crippen molar-refractivity contribution in [3.63, 3.8) is 0 Å². The van der Waals surface area contributed by atoms with Crippen LogP contribution in [0.3, 0.4) is 0 Å². The lowest BCUT2D eigenvalue weighted by atomic mass is 10.1. The fourth-order valence-corrected chi connectivity index (χ4v) is 1.09. The van der Waals surface area contributed by atoms with Crippen LogP contribution in [0.1, 0.15) is 31.9 Å². The molecule has 0 aliphatic carbocycles. The molecule has 0 atom stereocenters. The van der Waals surface area contributed by atoms with Crippen LogP contribution in [0, 0.1) is 6.92 Å². The molecule has 1 aromatic carbocycles. The van der Waals surface area contributed by atoms with E-state index >= 15 is 0 Å². The molecule has 0 spiro atoms. The van der Waals surface area contributed by atoms with Gasteiger partial charge < -0.3 is 4.74 Å². The van der Waals surface area contributed by atoms with E-state index in [0.717, 1.165) is 0 Å². The van der Waals surface area contributed by atoms with Crippen LogP contribution in [-0.2, 0) is 4.74 Å². The average Bonchev–Trinajstić information content (AvgIpc) is 2.06. The maximum Gasteiger partial charge on any atom is 0.0998 e. The van der Waals surface area contributed by atoms with Gasteiger partial charge in [-0.15, -0.1) is 0 Å². The van der Waals surface area contributed by atoms with E-state index < -0.39 is 0 Å². The molecule has 0 saturated carbocycles. The lowest BCUT2D eigenvalue weighted by Crippen LogP contribution is -2.15. The van der Waals surface area contributed by atoms with Crippen molar-refractivity contribution in [2.45, 2.75) is 33.3 Å². The highest BCUT2D eigenvalue weighted by atomic mass is 16.5. The van der Waals surface area contributed by atoms with Crippen molar-refractivity contribution in [3.05, 3.63) is 41.7 Å². The minimum absolute atomic E-state index is 0.112. The van der Waals surface area contributed by atoms with Crippen LogP contribution in [0.15, 0.2) is 30.5 Å². The molecule has 14 heavy (non-hydrogen) atoms. The molecular weight excluding hydrogens is 172 g/mol. The summed E-state index contributed by atoms with van der Waals surface area (Å²) < 4.78 is 5.51. The molecule has 0 aliphatic rings. The predicted molar refractivity (Wildman–Crippen MR) is 61.1 cm³/mol. The molecule has 0 aromatic heterocycles. The summed E-state index contributed by atoms with van der Waals surface area (Å²) in [5, 5.41) is 0. The summed E-state index contributed by atoms with van der Waals surface area (Å²) >= 11 is 0. The molecule has 0 radical (unpaired) electrons. The lowest BCUT2D eigenvalue weighted by Gasteiger charge is -2.17. The van der Waals surface area contributed by atoms with Gasteiger partial charge in [-0.2, -0.15) is 0 Å². The van der Waals surface area contributed by atoms with E-state index in [1.807, 2.05) is 39.0 Å². The number of ether oxygens (including phenoxy) is 1. The van der Waals surface area contributed by atoms with Crippen molar-refractivity contribution in [2.24, 2.45) is 0 Å². The Bertz CT molecular complexity index is 318. The summed E-state index contributed by atoms with van der Waals surface area (Å²) in [5.41, 5.74) is 2.36. The minimum Gasteiger partial charge on any atom is -0.496 e. The Labute approximate surface area is 86.4 Å². The highest BCUT2D eigenvalue weighted by Gasteiger charge is 2.07. The van der Waals surface area contributed by atoms with E-state index in [1.165, 1.54) is 11.1 Å². The Morgan fingerprint density at radius 3 is 2.36 bits per heavy atom. The Morgan fingerprint density at radius 1 is 1.14 bits per heavy atom. The minimum atomic E-state index is -0.112. The first-order valence-corrected chi connectivity index (χ1v) is 4.89. The third kappa shape index (κ3) is 3.65. The van der Waals surface area contributed by atoms with Crippen molar-refractivity contribution in [1.82, 2.24) is 0 Å². The van der Waals surface area contributed by atoms with Crippen LogP contribution in [0.4, 0.5) is 0 Å². The quantitative estimate of drug-likeness (QED) is 0.645. The maximum absolute atomic E-state index is 5.51. The molecule has 0 unspecified atom stereocenters. The monoisotopic (exact) mass is 190 g/mol. The van der Waals surface area contributed by atoms with Crippen molar-refractivity contribution in [3.8, 4) is 0 Å². The number of aryl methyl sites for hydroxylation is 1. The highest BCUT2D eigenvalue weighted by Crippen LogP contribution is 2.12. The van der Waals surface area contributed by atoms with Gasteiger partial charge in [-0.1, -0.05) is 24.3 Å².